The fourth-order valence-electron chi connectivity index (χ4n) is 3.72. The summed E-state index contributed by atoms with van der Waals surface area (Å²) >= 11 is 0. The summed E-state index contributed by atoms with van der Waals surface area (Å²) in [6, 6.07) is 6.13. The number of hydrogen-bond acceptors (Lipinski definition) is 5. The quantitative estimate of drug-likeness (QED) is 0.127. The Bertz CT molecular complexity index is 983. The average molecular weight is 484 g/mol. The molecule has 6 heteroatoms. The van der Waals surface area contributed by atoms with E-state index in [-0.39, 0.29) is 12.5 Å². The summed E-state index contributed by atoms with van der Waals surface area (Å²) in [7, 11) is 0. The molecule has 6 nitrogen and oxygen atoms in total. The van der Waals surface area contributed by atoms with Gasteiger partial charge in [-0.05, 0) is 57.9 Å². The van der Waals surface area contributed by atoms with E-state index in [9.17, 15) is 4.79 Å². The molecule has 194 valence electrons. The monoisotopic (exact) mass is 483 g/mol. The Labute approximate surface area is 211 Å². The number of ether oxygens (including phenoxy) is 2. The van der Waals surface area contributed by atoms with Gasteiger partial charge in [0.05, 0.1) is 29.9 Å². The molecular formula is C29H45N3O3. The van der Waals surface area contributed by atoms with Crippen LogP contribution in [0.4, 0.5) is 0 Å². The highest BCUT2D eigenvalue weighted by Crippen LogP contribution is 2.16. The number of hydrogen-bond donors (Lipinski definition) is 2. The van der Waals surface area contributed by atoms with E-state index >= 15 is 0 Å². The normalized spacial score (nSPS) is 12.9. The van der Waals surface area contributed by atoms with Crippen molar-refractivity contribution in [2.75, 3.05) is 13.2 Å². The van der Waals surface area contributed by atoms with E-state index in [1.165, 1.54) is 31.3 Å². The minimum Gasteiger partial charge on any atom is -0.498 e. The van der Waals surface area contributed by atoms with Crippen LogP contribution in [0.3, 0.4) is 0 Å². The summed E-state index contributed by atoms with van der Waals surface area (Å²) < 4.78 is 11.3. The number of rotatable bonds is 15. The van der Waals surface area contributed by atoms with E-state index in [0.717, 1.165) is 54.0 Å². The highest BCUT2D eigenvalue weighted by Gasteiger charge is 2.15. The summed E-state index contributed by atoms with van der Waals surface area (Å²) in [6.07, 6.45) is 12.1. The van der Waals surface area contributed by atoms with Crippen molar-refractivity contribution in [1.82, 2.24) is 15.3 Å². The number of carbonyl (C=O) groups excluding carboxylic acids is 1. The van der Waals surface area contributed by atoms with Gasteiger partial charge in [0.15, 0.2) is 0 Å². The summed E-state index contributed by atoms with van der Waals surface area (Å²) in [6.45, 7) is 13.7. The second kappa shape index (κ2) is 14.7. The molecule has 0 atom stereocenters. The number of aromatic nitrogens is 2. The van der Waals surface area contributed by atoms with Gasteiger partial charge in [0.25, 0.3) is 0 Å². The maximum atomic E-state index is 11.9. The first-order valence-electron chi connectivity index (χ1n) is 13.1. The molecule has 0 radical (unpaired) electrons. The predicted molar refractivity (Wildman–Crippen MR) is 144 cm³/mol. The van der Waals surface area contributed by atoms with Crippen molar-refractivity contribution in [2.24, 2.45) is 0 Å². The molecule has 0 amide bonds. The van der Waals surface area contributed by atoms with Crippen LogP contribution in [0.15, 0.2) is 41.7 Å². The Hall–Kier alpha value is -2.60. The minimum atomic E-state index is -0.467. The number of aromatic amines is 1. The number of unbranched alkanes of at least 4 members (excludes halogenated alkanes) is 4. The molecule has 1 heterocycles. The number of carbonyl (C=O) groups is 1. The van der Waals surface area contributed by atoms with Gasteiger partial charge < -0.3 is 19.8 Å². The average Bonchev–Trinajstić information content (AvgIpc) is 3.18. The Morgan fingerprint density at radius 2 is 1.89 bits per heavy atom. The number of imidazole rings is 1. The first-order chi connectivity index (χ1) is 16.7. The van der Waals surface area contributed by atoms with Gasteiger partial charge in [-0.15, -0.1) is 0 Å². The van der Waals surface area contributed by atoms with Gasteiger partial charge in [-0.1, -0.05) is 57.2 Å². The van der Waals surface area contributed by atoms with Crippen LogP contribution in [0.5, 0.6) is 0 Å². The molecule has 0 saturated carbocycles. The van der Waals surface area contributed by atoms with E-state index in [2.05, 4.69) is 49.3 Å². The van der Waals surface area contributed by atoms with Crippen LogP contribution in [0, 0.1) is 0 Å². The third-order valence-electron chi connectivity index (χ3n) is 5.50. The number of allylic oxidation sites excluding steroid dienone is 4. The lowest BCUT2D eigenvalue weighted by Crippen LogP contribution is -2.31. The Morgan fingerprint density at radius 1 is 1.11 bits per heavy atom. The zero-order valence-corrected chi connectivity index (χ0v) is 22.6. The molecule has 2 N–H and O–H groups in total. The zero-order chi connectivity index (χ0) is 25.7. The van der Waals surface area contributed by atoms with Crippen molar-refractivity contribution in [2.45, 2.75) is 98.6 Å². The van der Waals surface area contributed by atoms with Gasteiger partial charge in [0, 0.05) is 19.4 Å². The van der Waals surface area contributed by atoms with Crippen LogP contribution in [0.2, 0.25) is 0 Å². The Kier molecular flexibility index (Phi) is 12.0. The van der Waals surface area contributed by atoms with E-state index < -0.39 is 5.60 Å². The molecular weight excluding hydrogens is 438 g/mol. The van der Waals surface area contributed by atoms with Crippen molar-refractivity contribution in [1.29, 1.82) is 0 Å². The van der Waals surface area contributed by atoms with Crippen LogP contribution >= 0.6 is 0 Å². The van der Waals surface area contributed by atoms with Gasteiger partial charge in [0.2, 0.25) is 0 Å². The molecule has 1 aromatic carbocycles. The van der Waals surface area contributed by atoms with Crippen molar-refractivity contribution >= 4 is 17.0 Å². The van der Waals surface area contributed by atoms with Gasteiger partial charge in [-0.2, -0.15) is 0 Å². The molecule has 0 aliphatic rings. The Morgan fingerprint density at radius 3 is 2.60 bits per heavy atom. The number of fused-ring (bicyclic) bond motifs is 1. The van der Waals surface area contributed by atoms with Crippen molar-refractivity contribution in [3.63, 3.8) is 0 Å². The minimum absolute atomic E-state index is 0.184. The largest absolute Gasteiger partial charge is 0.498 e. The predicted octanol–water partition coefficient (Wildman–Crippen LogP) is 6.76. The highest BCUT2D eigenvalue weighted by atomic mass is 16.6. The summed E-state index contributed by atoms with van der Waals surface area (Å²) in [5, 5.41) is 3.15. The number of H-pyrrole nitrogens is 1. The Balaban J connectivity index is 1.86. The lowest BCUT2D eigenvalue weighted by molar-refractivity contribution is -0.153. The first kappa shape index (κ1) is 28.6. The maximum Gasteiger partial charge on any atom is 0.320 e. The number of nitrogens with one attached hydrogen (secondary N) is 2. The fourth-order valence-corrected chi connectivity index (χ4v) is 3.72. The van der Waals surface area contributed by atoms with Crippen molar-refractivity contribution in [3.8, 4) is 0 Å². The van der Waals surface area contributed by atoms with E-state index in [0.29, 0.717) is 6.54 Å². The number of benzene rings is 1. The topological polar surface area (TPSA) is 76.2 Å². The lowest BCUT2D eigenvalue weighted by Gasteiger charge is -2.19. The molecule has 0 saturated heterocycles. The summed E-state index contributed by atoms with van der Waals surface area (Å²) in [5.74, 6) is 1.73. The fraction of sp³-hybridized carbons (Fsp3) is 0.586. The van der Waals surface area contributed by atoms with Crippen molar-refractivity contribution < 1.29 is 14.3 Å². The molecule has 0 spiro atoms. The van der Waals surface area contributed by atoms with Crippen LogP contribution in [-0.2, 0) is 27.2 Å². The third-order valence-corrected chi connectivity index (χ3v) is 5.50. The second-order valence-corrected chi connectivity index (χ2v) is 10.2. The molecule has 2 rings (SSSR count). The van der Waals surface area contributed by atoms with E-state index in [1.807, 2.05) is 32.9 Å². The highest BCUT2D eigenvalue weighted by molar-refractivity contribution is 5.76. The van der Waals surface area contributed by atoms with Gasteiger partial charge in [0.1, 0.15) is 11.4 Å². The van der Waals surface area contributed by atoms with Gasteiger partial charge in [-0.3, -0.25) is 4.79 Å². The van der Waals surface area contributed by atoms with Crippen LogP contribution in [-0.4, -0.2) is 34.7 Å². The lowest BCUT2D eigenvalue weighted by atomic mass is 10.1. The number of nitrogens with zero attached hydrogens (tertiary/aromatic N) is 1. The summed E-state index contributed by atoms with van der Waals surface area (Å²) in [4.78, 5) is 20.0. The summed E-state index contributed by atoms with van der Waals surface area (Å²) in [5.41, 5.74) is 3.79. The molecule has 0 unspecified atom stereocenters. The van der Waals surface area contributed by atoms with E-state index in [4.69, 9.17) is 14.5 Å². The van der Waals surface area contributed by atoms with Crippen molar-refractivity contribution in [3.05, 3.63) is 53.1 Å². The molecule has 1 aromatic heterocycles. The second-order valence-electron chi connectivity index (χ2n) is 10.2. The van der Waals surface area contributed by atoms with E-state index in [1.54, 1.807) is 0 Å². The van der Waals surface area contributed by atoms with Gasteiger partial charge >= 0.3 is 5.97 Å². The molecule has 0 bridgehead atoms. The first-order valence-corrected chi connectivity index (χ1v) is 13.1. The van der Waals surface area contributed by atoms with Crippen LogP contribution < -0.4 is 5.32 Å². The standard InChI is InChI=1S/C29H45N3O3/c1-7-9-10-11-12-17-34-24(8-2)15-13-22(3)18-27-31-25-16-14-23(19-26(25)32-27)20-30-21-28(33)35-29(4,5)6/h13-16,19,30H,7-12,17-18,20-21H2,1-6H3,(H,31,32)/b22-13+,24-15+. The SMILES string of the molecule is CCCCCCCO/C(=C/C=C(\C)Cc1nc2ccc(CNCC(=O)OC(C)(C)C)cc2[nH]1)CC. The van der Waals surface area contributed by atoms with Gasteiger partial charge in [-0.25, -0.2) is 4.98 Å². The molecule has 0 aliphatic carbocycles. The zero-order valence-electron chi connectivity index (χ0n) is 22.6. The molecule has 2 aromatic rings. The van der Waals surface area contributed by atoms with Crippen LogP contribution in [0.25, 0.3) is 11.0 Å². The molecule has 0 aliphatic heterocycles. The maximum absolute atomic E-state index is 11.9. The molecule has 35 heavy (non-hydrogen) atoms. The van der Waals surface area contributed by atoms with Crippen LogP contribution in [0.1, 0.15) is 91.5 Å². The number of esters is 1. The third kappa shape index (κ3) is 11.6. The smallest absolute Gasteiger partial charge is 0.320 e. The molecule has 0 fully saturated rings.